The first-order chi connectivity index (χ1) is 15.2. The third-order valence-corrected chi connectivity index (χ3v) is 5.63. The van der Waals surface area contributed by atoms with Crippen molar-refractivity contribution in [1.29, 1.82) is 0 Å². The SMILES string of the molecule is CCOC(=O)c1c2c(c3[nH]c(N4CCOCC4)cc(-c4ccccc4)c1-3)NCOC2=O. The van der Waals surface area contributed by atoms with E-state index in [1.807, 2.05) is 36.4 Å². The topological polar surface area (TPSA) is 92.9 Å². The lowest BCUT2D eigenvalue weighted by molar-refractivity contribution is 0.0475. The van der Waals surface area contributed by atoms with Gasteiger partial charge in [0.25, 0.3) is 0 Å². The number of rotatable bonds is 4. The molecular weight excluding hydrogens is 398 g/mol. The van der Waals surface area contributed by atoms with Crippen LogP contribution in [0.1, 0.15) is 27.6 Å². The average Bonchev–Trinajstić information content (AvgIpc) is 3.16. The molecule has 160 valence electrons. The van der Waals surface area contributed by atoms with Gasteiger partial charge in [0.1, 0.15) is 11.4 Å². The molecule has 2 N–H and O–H groups in total. The molecule has 0 saturated carbocycles. The van der Waals surface area contributed by atoms with Crippen molar-refractivity contribution in [2.75, 3.05) is 49.9 Å². The third kappa shape index (κ3) is 3.29. The first kappa shape index (κ1) is 19.4. The van der Waals surface area contributed by atoms with E-state index >= 15 is 0 Å². The Kier molecular flexibility index (Phi) is 4.99. The molecule has 0 amide bonds. The van der Waals surface area contributed by atoms with Gasteiger partial charge in [-0.15, -0.1) is 0 Å². The van der Waals surface area contributed by atoms with Gasteiger partial charge in [-0.2, -0.15) is 0 Å². The van der Waals surface area contributed by atoms with E-state index in [0.717, 1.165) is 30.0 Å². The lowest BCUT2D eigenvalue weighted by Crippen LogP contribution is -2.36. The molecule has 8 nitrogen and oxygen atoms in total. The van der Waals surface area contributed by atoms with Gasteiger partial charge in [-0.3, -0.25) is 0 Å². The van der Waals surface area contributed by atoms with Crippen molar-refractivity contribution < 1.29 is 23.8 Å². The molecule has 1 fully saturated rings. The zero-order valence-electron chi connectivity index (χ0n) is 17.2. The second kappa shape index (κ2) is 7.96. The summed E-state index contributed by atoms with van der Waals surface area (Å²) in [4.78, 5) is 31.4. The Morgan fingerprint density at radius 1 is 1.16 bits per heavy atom. The molecule has 31 heavy (non-hydrogen) atoms. The standard InChI is InChI=1S/C23H23N3O5/c1-2-30-22(27)18-17-15(14-6-4-3-5-7-14)12-16(26-8-10-29-11-9-26)25-21(17)20-19(18)23(28)31-13-24-20/h3-7,12,24-25H,2,8-11,13H2,1H3. The number of benzene rings is 1. The number of anilines is 2. The maximum absolute atomic E-state index is 13.0. The van der Waals surface area contributed by atoms with Gasteiger partial charge < -0.3 is 29.4 Å². The number of fused-ring (bicyclic) bond motifs is 3. The molecule has 1 aromatic carbocycles. The quantitative estimate of drug-likeness (QED) is 0.624. The molecule has 3 aliphatic heterocycles. The van der Waals surface area contributed by atoms with E-state index in [1.54, 1.807) is 6.92 Å². The number of nitrogens with zero attached hydrogens (tertiary/aromatic N) is 1. The van der Waals surface area contributed by atoms with Crippen LogP contribution in [0.15, 0.2) is 36.4 Å². The van der Waals surface area contributed by atoms with Crippen molar-refractivity contribution in [3.05, 3.63) is 47.5 Å². The number of esters is 2. The van der Waals surface area contributed by atoms with Crippen molar-refractivity contribution in [2.24, 2.45) is 0 Å². The zero-order chi connectivity index (χ0) is 21.4. The molecule has 0 bridgehead atoms. The number of carbonyl (C=O) groups is 2. The molecule has 0 spiro atoms. The summed E-state index contributed by atoms with van der Waals surface area (Å²) in [7, 11) is 0. The number of carbonyl (C=O) groups excluding carboxylic acids is 2. The number of nitrogens with one attached hydrogen (secondary N) is 2. The summed E-state index contributed by atoms with van der Waals surface area (Å²) in [5.74, 6) is -0.175. The molecule has 3 heterocycles. The van der Waals surface area contributed by atoms with E-state index < -0.39 is 11.9 Å². The fourth-order valence-corrected chi connectivity index (χ4v) is 4.25. The van der Waals surface area contributed by atoms with Crippen molar-refractivity contribution in [3.63, 3.8) is 0 Å². The highest BCUT2D eigenvalue weighted by Crippen LogP contribution is 2.48. The van der Waals surface area contributed by atoms with Crippen LogP contribution >= 0.6 is 0 Å². The molecule has 4 aliphatic rings. The number of aromatic amines is 1. The predicted molar refractivity (Wildman–Crippen MR) is 116 cm³/mol. The van der Waals surface area contributed by atoms with Gasteiger partial charge in [-0.1, -0.05) is 30.3 Å². The highest BCUT2D eigenvalue weighted by atomic mass is 16.5. The zero-order valence-corrected chi connectivity index (χ0v) is 17.2. The van der Waals surface area contributed by atoms with Crippen LogP contribution in [0.4, 0.5) is 11.5 Å². The number of pyridine rings is 1. The second-order valence-electron chi connectivity index (χ2n) is 7.38. The summed E-state index contributed by atoms with van der Waals surface area (Å²) in [6.07, 6.45) is 0. The summed E-state index contributed by atoms with van der Waals surface area (Å²) in [5.41, 5.74) is 4.15. The van der Waals surface area contributed by atoms with Crippen LogP contribution < -0.4 is 10.2 Å². The molecule has 5 rings (SSSR count). The van der Waals surface area contributed by atoms with Crippen molar-refractivity contribution in [1.82, 2.24) is 4.98 Å². The molecule has 0 atom stereocenters. The van der Waals surface area contributed by atoms with Crippen LogP contribution in [-0.4, -0.2) is 56.6 Å². The number of H-pyrrole nitrogens is 1. The van der Waals surface area contributed by atoms with E-state index in [-0.39, 0.29) is 24.5 Å². The molecule has 1 aliphatic carbocycles. The number of cyclic esters (lactones) is 1. The monoisotopic (exact) mass is 421 g/mol. The van der Waals surface area contributed by atoms with Gasteiger partial charge >= 0.3 is 11.9 Å². The maximum atomic E-state index is 13.0. The normalized spacial score (nSPS) is 15.9. The van der Waals surface area contributed by atoms with Gasteiger partial charge in [-0.05, 0) is 24.1 Å². The lowest BCUT2D eigenvalue weighted by Gasteiger charge is -2.30. The predicted octanol–water partition coefficient (Wildman–Crippen LogP) is 3.34. The Bertz CT molecular complexity index is 1100. The van der Waals surface area contributed by atoms with Crippen LogP contribution in [0.3, 0.4) is 0 Å². The summed E-state index contributed by atoms with van der Waals surface area (Å²) in [6, 6.07) is 11.9. The van der Waals surface area contributed by atoms with Crippen molar-refractivity contribution in [2.45, 2.75) is 6.92 Å². The van der Waals surface area contributed by atoms with Gasteiger partial charge in [0, 0.05) is 18.7 Å². The largest absolute Gasteiger partial charge is 0.462 e. The highest BCUT2D eigenvalue weighted by Gasteiger charge is 2.38. The van der Waals surface area contributed by atoms with Crippen LogP contribution in [-0.2, 0) is 14.2 Å². The summed E-state index contributed by atoms with van der Waals surface area (Å²) in [5, 5.41) is 3.14. The molecule has 0 aromatic heterocycles. The van der Waals surface area contributed by atoms with Gasteiger partial charge in [-0.25, -0.2) is 9.59 Å². The fraction of sp³-hybridized carbons (Fsp3) is 0.304. The van der Waals surface area contributed by atoms with Crippen LogP contribution in [0.25, 0.3) is 22.4 Å². The smallest absolute Gasteiger partial charge is 0.342 e. The summed E-state index contributed by atoms with van der Waals surface area (Å²) < 4.78 is 16.0. The molecule has 0 unspecified atom stereocenters. The van der Waals surface area contributed by atoms with Crippen LogP contribution in [0.2, 0.25) is 0 Å². The van der Waals surface area contributed by atoms with Gasteiger partial charge in [0.15, 0.2) is 6.73 Å². The maximum Gasteiger partial charge on any atom is 0.342 e. The molecule has 0 radical (unpaired) electrons. The minimum atomic E-state index is -0.542. The van der Waals surface area contributed by atoms with Crippen LogP contribution in [0, 0.1) is 0 Å². The number of ether oxygens (including phenoxy) is 3. The Labute approximate surface area is 179 Å². The number of hydrogen-bond acceptors (Lipinski definition) is 7. The Balaban J connectivity index is 1.82. The Hall–Kier alpha value is -3.52. The summed E-state index contributed by atoms with van der Waals surface area (Å²) >= 11 is 0. The van der Waals surface area contributed by atoms with Crippen molar-refractivity contribution in [3.8, 4) is 22.4 Å². The first-order valence-electron chi connectivity index (χ1n) is 10.4. The summed E-state index contributed by atoms with van der Waals surface area (Å²) in [6.45, 7) is 4.78. The first-order valence-corrected chi connectivity index (χ1v) is 10.4. The van der Waals surface area contributed by atoms with E-state index in [1.165, 1.54) is 0 Å². The van der Waals surface area contributed by atoms with Crippen molar-refractivity contribution >= 4 is 23.4 Å². The molecule has 1 saturated heterocycles. The van der Waals surface area contributed by atoms with Gasteiger partial charge in [0.05, 0.1) is 36.8 Å². The van der Waals surface area contributed by atoms with E-state index in [9.17, 15) is 9.59 Å². The average molecular weight is 421 g/mol. The number of aromatic nitrogens is 1. The lowest BCUT2D eigenvalue weighted by atomic mass is 9.96. The number of morpholine rings is 1. The van der Waals surface area contributed by atoms with E-state index in [4.69, 9.17) is 14.2 Å². The third-order valence-electron chi connectivity index (χ3n) is 5.63. The minimum absolute atomic E-state index is 0.0451. The molecule has 8 heteroatoms. The number of hydrogen-bond donors (Lipinski definition) is 2. The Morgan fingerprint density at radius 3 is 2.68 bits per heavy atom. The van der Waals surface area contributed by atoms with Gasteiger partial charge in [0.2, 0.25) is 0 Å². The van der Waals surface area contributed by atoms with E-state index in [2.05, 4.69) is 15.2 Å². The Morgan fingerprint density at radius 2 is 1.94 bits per heavy atom. The highest BCUT2D eigenvalue weighted by molar-refractivity contribution is 6.19. The molecule has 1 aromatic rings. The minimum Gasteiger partial charge on any atom is -0.462 e. The molecular formula is C23H23N3O5. The second-order valence-corrected chi connectivity index (χ2v) is 7.38. The van der Waals surface area contributed by atoms with Crippen LogP contribution in [0.5, 0.6) is 0 Å². The fourth-order valence-electron chi connectivity index (χ4n) is 4.25. The van der Waals surface area contributed by atoms with E-state index in [0.29, 0.717) is 30.2 Å².